The molecule has 0 unspecified atom stereocenters. The third kappa shape index (κ3) is 3.21. The first-order valence-electron chi connectivity index (χ1n) is 7.27. The van der Waals surface area contributed by atoms with Gasteiger partial charge in [0.25, 0.3) is 0 Å². The van der Waals surface area contributed by atoms with Crippen LogP contribution in [0, 0.1) is 0 Å². The summed E-state index contributed by atoms with van der Waals surface area (Å²) in [5.74, 6) is -0.980. The quantitative estimate of drug-likeness (QED) is 0.555. The minimum absolute atomic E-state index is 0.197. The first-order valence-corrected chi connectivity index (χ1v) is 7.27. The van der Waals surface area contributed by atoms with E-state index in [1.807, 2.05) is 25.1 Å². The molecule has 23 heavy (non-hydrogen) atoms. The Hall–Kier alpha value is -3.14. The van der Waals surface area contributed by atoms with Gasteiger partial charge >= 0.3 is 5.97 Å². The molecule has 0 radical (unpaired) electrons. The third-order valence-corrected chi connectivity index (χ3v) is 3.67. The highest BCUT2D eigenvalue weighted by atomic mass is 16.4. The SMILES string of the molecule is C/C(=N/Nc1ccccc1C(=O)O)c1ccc2ccccc2c1. The number of rotatable bonds is 4. The van der Waals surface area contributed by atoms with Gasteiger partial charge in [0.05, 0.1) is 17.0 Å². The molecule has 4 heteroatoms. The number of anilines is 1. The Morgan fingerprint density at radius 3 is 2.43 bits per heavy atom. The number of carboxylic acid groups (broad SMARTS) is 1. The second-order valence-electron chi connectivity index (χ2n) is 5.22. The van der Waals surface area contributed by atoms with Gasteiger partial charge in [0, 0.05) is 0 Å². The van der Waals surface area contributed by atoms with Crippen molar-refractivity contribution in [2.24, 2.45) is 5.10 Å². The standard InChI is InChI=1S/C19H16N2O2/c1-13(15-11-10-14-6-2-3-7-16(14)12-15)20-21-18-9-5-4-8-17(18)19(22)23/h2-12,21H,1H3,(H,22,23)/b20-13-. The van der Waals surface area contributed by atoms with Crippen LogP contribution >= 0.6 is 0 Å². The van der Waals surface area contributed by atoms with E-state index in [1.165, 1.54) is 5.39 Å². The molecule has 3 rings (SSSR count). The Morgan fingerprint density at radius 2 is 1.65 bits per heavy atom. The lowest BCUT2D eigenvalue weighted by atomic mass is 10.0. The Kier molecular flexibility index (Phi) is 4.06. The number of para-hydroxylation sites is 1. The largest absolute Gasteiger partial charge is 0.478 e. The number of aromatic carboxylic acids is 1. The maximum atomic E-state index is 11.2. The van der Waals surface area contributed by atoms with E-state index < -0.39 is 5.97 Å². The van der Waals surface area contributed by atoms with Crippen LogP contribution in [0.15, 0.2) is 71.8 Å². The van der Waals surface area contributed by atoms with Crippen molar-refractivity contribution in [1.82, 2.24) is 0 Å². The van der Waals surface area contributed by atoms with E-state index in [1.54, 1.807) is 24.3 Å². The lowest BCUT2D eigenvalue weighted by Crippen LogP contribution is -2.04. The summed E-state index contributed by atoms with van der Waals surface area (Å²) in [6, 6.07) is 21.0. The van der Waals surface area contributed by atoms with Crippen LogP contribution in [0.5, 0.6) is 0 Å². The number of hydrogen-bond acceptors (Lipinski definition) is 3. The first kappa shape index (κ1) is 14.8. The Morgan fingerprint density at radius 1 is 0.957 bits per heavy atom. The molecule has 0 aromatic heterocycles. The van der Waals surface area contributed by atoms with Gasteiger partial charge in [-0.25, -0.2) is 4.79 Å². The van der Waals surface area contributed by atoms with Crippen LogP contribution in [-0.4, -0.2) is 16.8 Å². The minimum Gasteiger partial charge on any atom is -0.478 e. The normalized spacial score (nSPS) is 11.4. The second kappa shape index (κ2) is 6.32. The van der Waals surface area contributed by atoms with Gasteiger partial charge in [-0.2, -0.15) is 5.10 Å². The summed E-state index contributed by atoms with van der Waals surface area (Å²) >= 11 is 0. The van der Waals surface area contributed by atoms with E-state index in [9.17, 15) is 9.90 Å². The number of nitrogens with zero attached hydrogens (tertiary/aromatic N) is 1. The van der Waals surface area contributed by atoms with E-state index in [0.29, 0.717) is 5.69 Å². The molecule has 2 N–H and O–H groups in total. The van der Waals surface area contributed by atoms with Gasteiger partial charge in [-0.1, -0.05) is 48.5 Å². The predicted molar refractivity (Wildman–Crippen MR) is 93.2 cm³/mol. The van der Waals surface area contributed by atoms with Crippen LogP contribution in [0.2, 0.25) is 0 Å². The molecule has 0 aliphatic rings. The summed E-state index contributed by atoms with van der Waals surface area (Å²) in [5, 5.41) is 15.8. The van der Waals surface area contributed by atoms with Crippen molar-refractivity contribution >= 4 is 28.1 Å². The van der Waals surface area contributed by atoms with Gasteiger partial charge in [0.15, 0.2) is 0 Å². The Labute approximate surface area is 134 Å². The second-order valence-corrected chi connectivity index (χ2v) is 5.22. The smallest absolute Gasteiger partial charge is 0.337 e. The van der Waals surface area contributed by atoms with E-state index >= 15 is 0 Å². The van der Waals surface area contributed by atoms with E-state index in [2.05, 4.69) is 34.8 Å². The lowest BCUT2D eigenvalue weighted by molar-refractivity contribution is 0.0698. The number of carbonyl (C=O) groups is 1. The number of hydrazone groups is 1. The van der Waals surface area contributed by atoms with Gasteiger partial charge in [-0.05, 0) is 41.5 Å². The van der Waals surface area contributed by atoms with Crippen molar-refractivity contribution in [2.75, 3.05) is 5.43 Å². The van der Waals surface area contributed by atoms with E-state index in [0.717, 1.165) is 16.7 Å². The summed E-state index contributed by atoms with van der Waals surface area (Å²) in [6.07, 6.45) is 0. The van der Waals surface area contributed by atoms with Crippen molar-refractivity contribution in [2.45, 2.75) is 6.92 Å². The summed E-state index contributed by atoms with van der Waals surface area (Å²) in [4.78, 5) is 11.2. The number of nitrogens with one attached hydrogen (secondary N) is 1. The highest BCUT2D eigenvalue weighted by Gasteiger charge is 2.08. The molecule has 0 saturated heterocycles. The van der Waals surface area contributed by atoms with E-state index in [4.69, 9.17) is 0 Å². The highest BCUT2D eigenvalue weighted by molar-refractivity contribution is 6.02. The maximum absolute atomic E-state index is 11.2. The molecular weight excluding hydrogens is 288 g/mol. The van der Waals surface area contributed by atoms with E-state index in [-0.39, 0.29) is 5.56 Å². The van der Waals surface area contributed by atoms with Crippen LogP contribution in [0.3, 0.4) is 0 Å². The molecule has 0 heterocycles. The maximum Gasteiger partial charge on any atom is 0.337 e. The molecule has 0 bridgehead atoms. The fourth-order valence-electron chi connectivity index (χ4n) is 2.39. The third-order valence-electron chi connectivity index (χ3n) is 3.67. The fraction of sp³-hybridized carbons (Fsp3) is 0.0526. The minimum atomic E-state index is -0.980. The summed E-state index contributed by atoms with van der Waals surface area (Å²) < 4.78 is 0. The van der Waals surface area contributed by atoms with Crippen LogP contribution in [-0.2, 0) is 0 Å². The average molecular weight is 304 g/mol. The summed E-state index contributed by atoms with van der Waals surface area (Å²) in [7, 11) is 0. The first-order chi connectivity index (χ1) is 11.1. The van der Waals surface area contributed by atoms with Gasteiger partial charge in [-0.3, -0.25) is 5.43 Å². The molecule has 3 aromatic rings. The molecule has 0 fully saturated rings. The van der Waals surface area contributed by atoms with Crippen molar-refractivity contribution in [1.29, 1.82) is 0 Å². The van der Waals surface area contributed by atoms with Crippen molar-refractivity contribution in [3.63, 3.8) is 0 Å². The predicted octanol–water partition coefficient (Wildman–Crippen LogP) is 4.37. The van der Waals surface area contributed by atoms with Crippen LogP contribution < -0.4 is 5.43 Å². The van der Waals surface area contributed by atoms with Gasteiger partial charge in [0.2, 0.25) is 0 Å². The lowest BCUT2D eigenvalue weighted by Gasteiger charge is -2.07. The van der Waals surface area contributed by atoms with Gasteiger partial charge in [0.1, 0.15) is 0 Å². The van der Waals surface area contributed by atoms with Crippen molar-refractivity contribution in [3.05, 3.63) is 77.9 Å². The van der Waals surface area contributed by atoms with Crippen LogP contribution in [0.25, 0.3) is 10.8 Å². The zero-order chi connectivity index (χ0) is 16.2. The molecule has 3 aromatic carbocycles. The average Bonchev–Trinajstić information content (AvgIpc) is 2.59. The number of benzene rings is 3. The summed E-state index contributed by atoms with van der Waals surface area (Å²) in [5.41, 5.74) is 5.29. The van der Waals surface area contributed by atoms with Gasteiger partial charge < -0.3 is 5.11 Å². The topological polar surface area (TPSA) is 61.7 Å². The van der Waals surface area contributed by atoms with Crippen LogP contribution in [0.4, 0.5) is 5.69 Å². The van der Waals surface area contributed by atoms with Crippen molar-refractivity contribution < 1.29 is 9.90 Å². The zero-order valence-electron chi connectivity index (χ0n) is 12.7. The highest BCUT2D eigenvalue weighted by Crippen LogP contribution is 2.18. The summed E-state index contributed by atoms with van der Waals surface area (Å²) in [6.45, 7) is 1.89. The molecule has 0 saturated carbocycles. The molecule has 0 atom stereocenters. The zero-order valence-corrected chi connectivity index (χ0v) is 12.7. The molecule has 0 aliphatic heterocycles. The molecule has 114 valence electrons. The molecule has 4 nitrogen and oxygen atoms in total. The molecule has 0 aliphatic carbocycles. The Balaban J connectivity index is 1.88. The molecule has 0 spiro atoms. The monoisotopic (exact) mass is 304 g/mol. The molecular formula is C19H16N2O2. The van der Waals surface area contributed by atoms with Crippen LogP contribution in [0.1, 0.15) is 22.8 Å². The van der Waals surface area contributed by atoms with Crippen molar-refractivity contribution in [3.8, 4) is 0 Å². The number of fused-ring (bicyclic) bond motifs is 1. The van der Waals surface area contributed by atoms with Gasteiger partial charge in [-0.15, -0.1) is 0 Å². The number of hydrogen-bond donors (Lipinski definition) is 2. The molecule has 0 amide bonds. The Bertz CT molecular complexity index is 901. The number of carboxylic acids is 1. The fourth-order valence-corrected chi connectivity index (χ4v) is 2.39.